The van der Waals surface area contributed by atoms with Crippen molar-refractivity contribution in [1.29, 1.82) is 0 Å². The van der Waals surface area contributed by atoms with Crippen LogP contribution in [-0.2, 0) is 4.79 Å². The summed E-state index contributed by atoms with van der Waals surface area (Å²) in [5.41, 5.74) is 1.32. The van der Waals surface area contributed by atoms with Crippen molar-refractivity contribution < 1.29 is 14.3 Å². The molecule has 0 spiro atoms. The van der Waals surface area contributed by atoms with Crippen molar-refractivity contribution >= 4 is 5.91 Å². The summed E-state index contributed by atoms with van der Waals surface area (Å²) in [6.45, 7) is 0.891. The van der Waals surface area contributed by atoms with E-state index in [1.165, 1.54) is 18.4 Å². The summed E-state index contributed by atoms with van der Waals surface area (Å²) in [6, 6.07) is 7.42. The van der Waals surface area contributed by atoms with Gasteiger partial charge in [0.2, 0.25) is 6.10 Å². The first-order valence-electron chi connectivity index (χ1n) is 7.17. The third kappa shape index (κ3) is 2.95. The van der Waals surface area contributed by atoms with Gasteiger partial charge in [-0.3, -0.25) is 4.79 Å². The van der Waals surface area contributed by atoms with Crippen molar-refractivity contribution in [3.05, 3.63) is 35.9 Å². The Kier molecular flexibility index (Phi) is 3.90. The Bertz CT molecular complexity index is 524. The lowest BCUT2D eigenvalue weighted by Crippen LogP contribution is -2.44. The number of carbonyl (C=O) groups excluding carboxylic acids is 1. The van der Waals surface area contributed by atoms with Gasteiger partial charge in [0.15, 0.2) is 11.5 Å². The van der Waals surface area contributed by atoms with Gasteiger partial charge >= 0.3 is 0 Å². The number of ether oxygens (including phenoxy) is 2. The van der Waals surface area contributed by atoms with Crippen LogP contribution in [0.2, 0.25) is 0 Å². The Morgan fingerprint density at radius 1 is 1.25 bits per heavy atom. The maximum Gasteiger partial charge on any atom is 0.264 e. The van der Waals surface area contributed by atoms with Crippen molar-refractivity contribution in [2.45, 2.75) is 31.8 Å². The van der Waals surface area contributed by atoms with Crippen LogP contribution >= 0.6 is 0 Å². The monoisotopic (exact) mass is 273 g/mol. The molecule has 0 saturated heterocycles. The first-order chi connectivity index (χ1) is 9.83. The Balaban J connectivity index is 1.55. The van der Waals surface area contributed by atoms with Gasteiger partial charge in [0, 0.05) is 6.54 Å². The molecular formula is C16H19NO3. The minimum absolute atomic E-state index is 0.106. The van der Waals surface area contributed by atoms with Gasteiger partial charge < -0.3 is 14.8 Å². The zero-order valence-electron chi connectivity index (χ0n) is 11.4. The topological polar surface area (TPSA) is 47.6 Å². The minimum atomic E-state index is -0.561. The second-order valence-electron chi connectivity index (χ2n) is 5.19. The molecule has 0 saturated carbocycles. The molecule has 0 aromatic heterocycles. The molecule has 1 atom stereocenters. The second-order valence-corrected chi connectivity index (χ2v) is 5.19. The van der Waals surface area contributed by atoms with Gasteiger partial charge in [0.05, 0.1) is 0 Å². The summed E-state index contributed by atoms with van der Waals surface area (Å²) in [5, 5.41) is 2.94. The standard InChI is InChI=1S/C16H19NO3/c18-16(17-10-12-6-2-1-3-7-12)15-11-19-13-8-4-5-9-14(13)20-15/h4-6,8-9,15H,1-3,7,10-11H2,(H,17,18)/t15-/m0/s1. The lowest BCUT2D eigenvalue weighted by atomic mass is 10.00. The van der Waals surface area contributed by atoms with E-state index in [1.54, 1.807) is 0 Å². The molecule has 1 aliphatic carbocycles. The first kappa shape index (κ1) is 13.0. The van der Waals surface area contributed by atoms with E-state index in [2.05, 4.69) is 11.4 Å². The van der Waals surface area contributed by atoms with Gasteiger partial charge in [-0.2, -0.15) is 0 Å². The van der Waals surface area contributed by atoms with E-state index >= 15 is 0 Å². The predicted molar refractivity (Wildman–Crippen MR) is 75.9 cm³/mol. The molecule has 1 aliphatic heterocycles. The Morgan fingerprint density at radius 2 is 2.10 bits per heavy atom. The zero-order chi connectivity index (χ0) is 13.8. The van der Waals surface area contributed by atoms with Gasteiger partial charge in [0.25, 0.3) is 5.91 Å². The number of fused-ring (bicyclic) bond motifs is 1. The van der Waals surface area contributed by atoms with Crippen LogP contribution < -0.4 is 14.8 Å². The SMILES string of the molecule is O=C(NCC1=CCCCC1)[C@@H]1COc2ccccc2O1. The molecule has 0 radical (unpaired) electrons. The van der Waals surface area contributed by atoms with Crippen LogP contribution in [0.4, 0.5) is 0 Å². The van der Waals surface area contributed by atoms with Gasteiger partial charge in [-0.1, -0.05) is 23.8 Å². The van der Waals surface area contributed by atoms with Crippen LogP contribution in [-0.4, -0.2) is 25.2 Å². The molecule has 4 nitrogen and oxygen atoms in total. The van der Waals surface area contributed by atoms with Crippen molar-refractivity contribution in [2.75, 3.05) is 13.2 Å². The maximum absolute atomic E-state index is 12.1. The third-order valence-corrected chi connectivity index (χ3v) is 3.68. The number of hydrogen-bond donors (Lipinski definition) is 1. The summed E-state index contributed by atoms with van der Waals surface area (Å²) >= 11 is 0. The quantitative estimate of drug-likeness (QED) is 0.860. The number of allylic oxidation sites excluding steroid dienone is 1. The summed E-state index contributed by atoms with van der Waals surface area (Å²) < 4.78 is 11.2. The lowest BCUT2D eigenvalue weighted by Gasteiger charge is -2.25. The highest BCUT2D eigenvalue weighted by Gasteiger charge is 2.27. The van der Waals surface area contributed by atoms with Gasteiger partial charge in [-0.25, -0.2) is 0 Å². The smallest absolute Gasteiger partial charge is 0.264 e. The number of benzene rings is 1. The Hall–Kier alpha value is -1.97. The Morgan fingerprint density at radius 3 is 2.90 bits per heavy atom. The normalized spacial score (nSPS) is 21.0. The average Bonchev–Trinajstić information content (AvgIpc) is 2.53. The van der Waals surface area contributed by atoms with Crippen LogP contribution in [0, 0.1) is 0 Å². The van der Waals surface area contributed by atoms with Crippen molar-refractivity contribution in [3.63, 3.8) is 0 Å². The maximum atomic E-state index is 12.1. The molecule has 1 heterocycles. The highest BCUT2D eigenvalue weighted by molar-refractivity contribution is 5.82. The molecule has 1 aromatic carbocycles. The highest BCUT2D eigenvalue weighted by atomic mass is 16.6. The molecule has 3 rings (SSSR count). The van der Waals surface area contributed by atoms with E-state index in [9.17, 15) is 4.79 Å². The van der Waals surface area contributed by atoms with Crippen LogP contribution in [0.3, 0.4) is 0 Å². The third-order valence-electron chi connectivity index (χ3n) is 3.68. The number of amides is 1. The molecule has 0 unspecified atom stereocenters. The summed E-state index contributed by atoms with van der Waals surface area (Å²) in [6.07, 6.45) is 6.37. The van der Waals surface area contributed by atoms with Gasteiger partial charge in [0.1, 0.15) is 6.61 Å². The van der Waals surface area contributed by atoms with E-state index in [4.69, 9.17) is 9.47 Å². The largest absolute Gasteiger partial charge is 0.485 e. The molecule has 20 heavy (non-hydrogen) atoms. The van der Waals surface area contributed by atoms with Crippen LogP contribution in [0.15, 0.2) is 35.9 Å². The summed E-state index contributed by atoms with van der Waals surface area (Å²) in [7, 11) is 0. The fourth-order valence-corrected chi connectivity index (χ4v) is 2.53. The molecule has 1 N–H and O–H groups in total. The van der Waals surface area contributed by atoms with E-state index in [0.717, 1.165) is 12.8 Å². The highest BCUT2D eigenvalue weighted by Crippen LogP contribution is 2.30. The fourth-order valence-electron chi connectivity index (χ4n) is 2.53. The van der Waals surface area contributed by atoms with Crippen molar-refractivity contribution in [1.82, 2.24) is 5.32 Å². The first-order valence-corrected chi connectivity index (χ1v) is 7.17. The van der Waals surface area contributed by atoms with E-state index in [-0.39, 0.29) is 12.5 Å². The van der Waals surface area contributed by atoms with Crippen LogP contribution in [0.1, 0.15) is 25.7 Å². The van der Waals surface area contributed by atoms with Crippen molar-refractivity contribution in [3.8, 4) is 11.5 Å². The van der Waals surface area contributed by atoms with Gasteiger partial charge in [-0.15, -0.1) is 0 Å². The summed E-state index contributed by atoms with van der Waals surface area (Å²) in [5.74, 6) is 1.23. The number of hydrogen-bond acceptors (Lipinski definition) is 3. The molecule has 0 fully saturated rings. The molecular weight excluding hydrogens is 254 g/mol. The summed E-state index contributed by atoms with van der Waals surface area (Å²) in [4.78, 5) is 12.1. The molecule has 4 heteroatoms. The number of para-hydroxylation sites is 2. The zero-order valence-corrected chi connectivity index (χ0v) is 11.4. The number of carbonyl (C=O) groups is 1. The molecule has 106 valence electrons. The molecule has 1 aromatic rings. The molecule has 1 amide bonds. The Labute approximate surface area is 118 Å². The minimum Gasteiger partial charge on any atom is -0.485 e. The lowest BCUT2D eigenvalue weighted by molar-refractivity contribution is -0.130. The number of nitrogens with one attached hydrogen (secondary N) is 1. The van der Waals surface area contributed by atoms with E-state index < -0.39 is 6.10 Å². The van der Waals surface area contributed by atoms with Crippen molar-refractivity contribution in [2.24, 2.45) is 0 Å². The molecule has 2 aliphatic rings. The average molecular weight is 273 g/mol. The number of rotatable bonds is 3. The van der Waals surface area contributed by atoms with E-state index in [0.29, 0.717) is 18.0 Å². The van der Waals surface area contributed by atoms with Crippen LogP contribution in [0.5, 0.6) is 11.5 Å². The van der Waals surface area contributed by atoms with E-state index in [1.807, 2.05) is 24.3 Å². The molecule has 0 bridgehead atoms. The van der Waals surface area contributed by atoms with Crippen LogP contribution in [0.25, 0.3) is 0 Å². The second kappa shape index (κ2) is 5.99. The predicted octanol–water partition coefficient (Wildman–Crippen LogP) is 2.44. The van der Waals surface area contributed by atoms with Gasteiger partial charge in [-0.05, 0) is 37.8 Å². The fraction of sp³-hybridized carbons (Fsp3) is 0.438.